The fraction of sp³-hybridized carbons (Fsp3) is 0.828. The second-order valence-electron chi connectivity index (χ2n) is 20.6. The van der Waals surface area contributed by atoms with Gasteiger partial charge in [0, 0.05) is 19.3 Å². The third-order valence-electron chi connectivity index (χ3n) is 13.6. The summed E-state index contributed by atoms with van der Waals surface area (Å²) in [5, 5.41) is 0. The number of rotatable bonds is 56. The number of allylic oxidation sites excluding steroid dienone is 8. The van der Waals surface area contributed by atoms with Crippen molar-refractivity contribution in [2.24, 2.45) is 0 Å². The monoisotopic (exact) mass is 981 g/mol. The Hall–Kier alpha value is -2.63. The fourth-order valence-corrected chi connectivity index (χ4v) is 9.02. The molecule has 6 heteroatoms. The van der Waals surface area contributed by atoms with E-state index < -0.39 is 6.10 Å². The SMILES string of the molecule is CC/C=C\C/C=C\C/C=C\C/C=C\CCCCC(=O)OC(COC(=O)CCCCCCCC)COC(=O)CCCCCCCCCCCCCCCCCCCCCCCCCCCCCCCCC. The van der Waals surface area contributed by atoms with E-state index in [0.29, 0.717) is 19.3 Å². The Morgan fingerprint density at radius 3 is 0.871 bits per heavy atom. The average Bonchev–Trinajstić information content (AvgIpc) is 3.36. The third-order valence-corrected chi connectivity index (χ3v) is 13.6. The van der Waals surface area contributed by atoms with E-state index in [0.717, 1.165) is 77.0 Å². The average molecular weight is 982 g/mol. The van der Waals surface area contributed by atoms with Crippen LogP contribution in [0, 0.1) is 0 Å². The molecule has 0 saturated carbocycles. The number of carbonyl (C=O) groups excluding carboxylic acids is 3. The number of hydrogen-bond donors (Lipinski definition) is 0. The van der Waals surface area contributed by atoms with Crippen LogP contribution in [0.25, 0.3) is 0 Å². The molecule has 0 aliphatic carbocycles. The zero-order valence-electron chi connectivity index (χ0n) is 46.8. The van der Waals surface area contributed by atoms with Crippen molar-refractivity contribution in [1.29, 1.82) is 0 Å². The maximum absolute atomic E-state index is 12.8. The second kappa shape index (κ2) is 58.9. The molecular weight excluding hydrogens is 865 g/mol. The molecule has 1 unspecified atom stereocenters. The molecule has 0 aliphatic heterocycles. The summed E-state index contributed by atoms with van der Waals surface area (Å²) in [7, 11) is 0. The van der Waals surface area contributed by atoms with Gasteiger partial charge in [0.05, 0.1) is 0 Å². The summed E-state index contributed by atoms with van der Waals surface area (Å²) in [5.41, 5.74) is 0. The molecule has 0 N–H and O–H groups in total. The Morgan fingerprint density at radius 1 is 0.300 bits per heavy atom. The van der Waals surface area contributed by atoms with Gasteiger partial charge in [-0.05, 0) is 57.8 Å². The van der Waals surface area contributed by atoms with Crippen LogP contribution in [0.1, 0.15) is 323 Å². The van der Waals surface area contributed by atoms with Crippen LogP contribution in [0.3, 0.4) is 0 Å². The van der Waals surface area contributed by atoms with Crippen molar-refractivity contribution in [2.45, 2.75) is 329 Å². The van der Waals surface area contributed by atoms with Crippen molar-refractivity contribution in [3.63, 3.8) is 0 Å². The molecule has 1 atom stereocenters. The maximum Gasteiger partial charge on any atom is 0.306 e. The van der Waals surface area contributed by atoms with Crippen molar-refractivity contribution < 1.29 is 28.6 Å². The zero-order chi connectivity index (χ0) is 50.7. The summed E-state index contributed by atoms with van der Waals surface area (Å²) in [6.45, 7) is 6.46. The molecule has 0 heterocycles. The van der Waals surface area contributed by atoms with Gasteiger partial charge in [0.1, 0.15) is 13.2 Å². The molecular formula is C64H116O6. The van der Waals surface area contributed by atoms with E-state index in [9.17, 15) is 14.4 Å². The van der Waals surface area contributed by atoms with Gasteiger partial charge >= 0.3 is 17.9 Å². The smallest absolute Gasteiger partial charge is 0.306 e. The first-order chi connectivity index (χ1) is 34.5. The van der Waals surface area contributed by atoms with Crippen molar-refractivity contribution in [3.05, 3.63) is 48.6 Å². The summed E-state index contributed by atoms with van der Waals surface area (Å²) in [5.74, 6) is -0.927. The van der Waals surface area contributed by atoms with Crippen LogP contribution in [-0.2, 0) is 28.6 Å². The quantitative estimate of drug-likeness (QED) is 0.0261. The van der Waals surface area contributed by atoms with Crippen LogP contribution < -0.4 is 0 Å². The van der Waals surface area contributed by atoms with Crippen molar-refractivity contribution in [2.75, 3.05) is 13.2 Å². The van der Waals surface area contributed by atoms with Gasteiger partial charge in [-0.25, -0.2) is 0 Å². The van der Waals surface area contributed by atoms with Crippen LogP contribution >= 0.6 is 0 Å². The molecule has 0 radical (unpaired) electrons. The lowest BCUT2D eigenvalue weighted by Crippen LogP contribution is -2.30. The Morgan fingerprint density at radius 2 is 0.557 bits per heavy atom. The minimum absolute atomic E-state index is 0.0869. The summed E-state index contributed by atoms with van der Waals surface area (Å²) < 4.78 is 16.7. The Balaban J connectivity index is 3.97. The predicted molar refractivity (Wildman–Crippen MR) is 302 cm³/mol. The molecule has 0 aromatic rings. The van der Waals surface area contributed by atoms with E-state index in [1.165, 1.54) is 199 Å². The lowest BCUT2D eigenvalue weighted by Gasteiger charge is -2.18. The van der Waals surface area contributed by atoms with Crippen LogP contribution in [0.5, 0.6) is 0 Å². The van der Waals surface area contributed by atoms with Gasteiger partial charge in [-0.15, -0.1) is 0 Å². The fourth-order valence-electron chi connectivity index (χ4n) is 9.02. The normalized spacial score (nSPS) is 12.3. The van der Waals surface area contributed by atoms with E-state index in [2.05, 4.69) is 69.4 Å². The van der Waals surface area contributed by atoms with Gasteiger partial charge in [-0.1, -0.05) is 294 Å². The summed E-state index contributed by atoms with van der Waals surface area (Å²) in [6, 6.07) is 0. The standard InChI is InChI=1S/C64H116O6/c1-4-7-10-13-16-18-20-22-24-25-26-27-28-29-30-31-32-33-34-35-36-37-38-39-41-42-44-46-48-51-54-57-63(66)69-60-61(59-68-62(65)56-53-50-15-12-9-6-3)70-64(67)58-55-52-49-47-45-43-40-23-21-19-17-14-11-8-5-2/h8,11,17,19,23,40,45,47,61H,4-7,9-10,12-16,18,20-22,24-39,41-44,46,48-60H2,1-3H3/b11-8-,19-17-,40-23-,47-45-. The molecule has 0 rings (SSSR count). The van der Waals surface area contributed by atoms with Crippen LogP contribution in [-0.4, -0.2) is 37.2 Å². The maximum atomic E-state index is 12.8. The highest BCUT2D eigenvalue weighted by Crippen LogP contribution is 2.18. The molecule has 0 amide bonds. The Bertz CT molecular complexity index is 1220. The highest BCUT2D eigenvalue weighted by atomic mass is 16.6. The molecule has 0 aliphatic rings. The van der Waals surface area contributed by atoms with Crippen LogP contribution in [0.4, 0.5) is 0 Å². The topological polar surface area (TPSA) is 78.9 Å². The minimum Gasteiger partial charge on any atom is -0.462 e. The summed E-state index contributed by atoms with van der Waals surface area (Å²) in [4.78, 5) is 37.8. The van der Waals surface area contributed by atoms with Crippen LogP contribution in [0.2, 0.25) is 0 Å². The molecule has 0 aromatic heterocycles. The van der Waals surface area contributed by atoms with Gasteiger partial charge in [-0.3, -0.25) is 14.4 Å². The summed E-state index contributed by atoms with van der Waals surface area (Å²) >= 11 is 0. The largest absolute Gasteiger partial charge is 0.462 e. The van der Waals surface area contributed by atoms with E-state index in [-0.39, 0.29) is 37.5 Å². The molecule has 6 nitrogen and oxygen atoms in total. The lowest BCUT2D eigenvalue weighted by atomic mass is 10.0. The Labute approximate surface area is 435 Å². The van der Waals surface area contributed by atoms with Gasteiger partial charge in [0.2, 0.25) is 0 Å². The molecule has 0 bridgehead atoms. The number of carbonyl (C=O) groups is 3. The first kappa shape index (κ1) is 67.4. The van der Waals surface area contributed by atoms with Gasteiger partial charge in [-0.2, -0.15) is 0 Å². The minimum atomic E-state index is -0.789. The van der Waals surface area contributed by atoms with E-state index >= 15 is 0 Å². The van der Waals surface area contributed by atoms with E-state index in [1.807, 2.05) is 0 Å². The Kier molecular flexibility index (Phi) is 56.7. The van der Waals surface area contributed by atoms with Gasteiger partial charge in [0.25, 0.3) is 0 Å². The van der Waals surface area contributed by atoms with Crippen molar-refractivity contribution >= 4 is 17.9 Å². The highest BCUT2D eigenvalue weighted by molar-refractivity contribution is 5.71. The number of unbranched alkanes of at least 4 members (excludes halogenated alkanes) is 37. The van der Waals surface area contributed by atoms with E-state index in [4.69, 9.17) is 14.2 Å². The summed E-state index contributed by atoms with van der Waals surface area (Å²) in [6.07, 6.45) is 73.2. The molecule has 0 fully saturated rings. The number of esters is 3. The van der Waals surface area contributed by atoms with Crippen LogP contribution in [0.15, 0.2) is 48.6 Å². The van der Waals surface area contributed by atoms with E-state index in [1.54, 1.807) is 0 Å². The molecule has 408 valence electrons. The lowest BCUT2D eigenvalue weighted by molar-refractivity contribution is -0.167. The molecule has 0 saturated heterocycles. The zero-order valence-corrected chi connectivity index (χ0v) is 46.8. The van der Waals surface area contributed by atoms with Gasteiger partial charge < -0.3 is 14.2 Å². The first-order valence-electron chi connectivity index (χ1n) is 30.6. The highest BCUT2D eigenvalue weighted by Gasteiger charge is 2.19. The second-order valence-corrected chi connectivity index (χ2v) is 20.6. The van der Waals surface area contributed by atoms with Crippen molar-refractivity contribution in [1.82, 2.24) is 0 Å². The third kappa shape index (κ3) is 56.3. The molecule has 70 heavy (non-hydrogen) atoms. The first-order valence-corrected chi connectivity index (χ1v) is 30.6. The molecule has 0 spiro atoms. The number of hydrogen-bond acceptors (Lipinski definition) is 6. The predicted octanol–water partition coefficient (Wildman–Crippen LogP) is 20.6. The van der Waals surface area contributed by atoms with Crippen molar-refractivity contribution in [3.8, 4) is 0 Å². The number of ether oxygens (including phenoxy) is 3. The molecule has 0 aromatic carbocycles. The van der Waals surface area contributed by atoms with Gasteiger partial charge in [0.15, 0.2) is 6.10 Å².